The first-order valence-corrected chi connectivity index (χ1v) is 8.97. The van der Waals surface area contributed by atoms with Crippen LogP contribution >= 0.6 is 23.8 Å². The number of rotatable bonds is 4. The van der Waals surface area contributed by atoms with Crippen molar-refractivity contribution in [1.82, 2.24) is 5.32 Å². The summed E-state index contributed by atoms with van der Waals surface area (Å²) in [5.74, 6) is 1.54. The number of thiocarbonyl (C=S) groups is 1. The van der Waals surface area contributed by atoms with Crippen LogP contribution in [0.25, 0.3) is 0 Å². The van der Waals surface area contributed by atoms with Crippen molar-refractivity contribution in [2.45, 2.75) is 25.3 Å². The van der Waals surface area contributed by atoms with Gasteiger partial charge in [0.1, 0.15) is 11.5 Å². The van der Waals surface area contributed by atoms with Crippen LogP contribution < -0.4 is 20.1 Å². The molecule has 0 bridgehead atoms. The lowest BCUT2D eigenvalue weighted by atomic mass is 9.87. The Bertz CT molecular complexity index is 782. The maximum absolute atomic E-state index is 6.16. The van der Waals surface area contributed by atoms with Crippen LogP contribution in [0, 0.1) is 0 Å². The maximum Gasteiger partial charge on any atom is 0.171 e. The molecule has 2 aromatic rings. The van der Waals surface area contributed by atoms with Crippen molar-refractivity contribution in [3.63, 3.8) is 0 Å². The number of aryl methyl sites for hydroxylation is 1. The molecular weight excluding hydrogens is 356 g/mol. The molecule has 0 radical (unpaired) electrons. The first-order chi connectivity index (χ1) is 12.1. The highest BCUT2D eigenvalue weighted by molar-refractivity contribution is 7.80. The zero-order chi connectivity index (χ0) is 17.8. The summed E-state index contributed by atoms with van der Waals surface area (Å²) in [5.41, 5.74) is 3.43. The molecule has 3 rings (SSSR count). The van der Waals surface area contributed by atoms with E-state index in [2.05, 4.69) is 22.8 Å². The van der Waals surface area contributed by atoms with Crippen LogP contribution in [0.1, 0.15) is 30.0 Å². The van der Waals surface area contributed by atoms with Crippen molar-refractivity contribution in [2.24, 2.45) is 0 Å². The van der Waals surface area contributed by atoms with Crippen LogP contribution in [0.4, 0.5) is 5.69 Å². The van der Waals surface area contributed by atoms with E-state index in [0.717, 1.165) is 30.7 Å². The molecule has 0 aromatic heterocycles. The zero-order valence-corrected chi connectivity index (χ0v) is 15.8. The molecule has 6 heteroatoms. The topological polar surface area (TPSA) is 42.5 Å². The summed E-state index contributed by atoms with van der Waals surface area (Å²) >= 11 is 11.6. The predicted molar refractivity (Wildman–Crippen MR) is 106 cm³/mol. The number of benzene rings is 2. The zero-order valence-electron chi connectivity index (χ0n) is 14.3. The number of halogens is 1. The standard InChI is InChI=1S/C19H21ClN2O2S/c1-23-14-7-8-15-12(10-14)4-3-5-17(15)22-19(25)21-13-6-9-18(24-2)16(20)11-13/h6-11,17H,3-5H2,1-2H3,(H2,21,22,25). The molecule has 0 aliphatic heterocycles. The maximum atomic E-state index is 6.16. The molecule has 0 amide bonds. The van der Waals surface area contributed by atoms with E-state index in [0.29, 0.717) is 15.9 Å². The molecule has 132 valence electrons. The summed E-state index contributed by atoms with van der Waals surface area (Å²) in [6, 6.07) is 11.9. The van der Waals surface area contributed by atoms with Crippen molar-refractivity contribution in [3.8, 4) is 11.5 Å². The van der Waals surface area contributed by atoms with Crippen molar-refractivity contribution in [2.75, 3.05) is 19.5 Å². The average Bonchev–Trinajstić information content (AvgIpc) is 2.61. The normalized spacial score (nSPS) is 15.9. The Labute approximate surface area is 158 Å². The second-order valence-electron chi connectivity index (χ2n) is 5.96. The fourth-order valence-electron chi connectivity index (χ4n) is 3.14. The second kappa shape index (κ2) is 7.93. The number of hydrogen-bond acceptors (Lipinski definition) is 3. The van der Waals surface area contributed by atoms with Gasteiger partial charge in [-0.15, -0.1) is 0 Å². The minimum Gasteiger partial charge on any atom is -0.497 e. The van der Waals surface area contributed by atoms with E-state index in [1.165, 1.54) is 11.1 Å². The van der Waals surface area contributed by atoms with Crippen molar-refractivity contribution >= 4 is 34.6 Å². The van der Waals surface area contributed by atoms with Crippen molar-refractivity contribution in [1.29, 1.82) is 0 Å². The number of nitrogens with one attached hydrogen (secondary N) is 2. The van der Waals surface area contributed by atoms with Gasteiger partial charge < -0.3 is 20.1 Å². The summed E-state index contributed by atoms with van der Waals surface area (Å²) in [4.78, 5) is 0. The molecular formula is C19H21ClN2O2S. The van der Waals surface area contributed by atoms with Gasteiger partial charge in [0, 0.05) is 5.69 Å². The van der Waals surface area contributed by atoms with E-state index in [9.17, 15) is 0 Å². The fraction of sp³-hybridized carbons (Fsp3) is 0.316. The Morgan fingerprint density at radius 1 is 1.16 bits per heavy atom. The quantitative estimate of drug-likeness (QED) is 0.755. The summed E-state index contributed by atoms with van der Waals surface area (Å²) in [6.07, 6.45) is 3.23. The molecule has 1 aliphatic rings. The summed E-state index contributed by atoms with van der Waals surface area (Å²) in [5, 5.41) is 7.73. The van der Waals surface area contributed by atoms with Crippen LogP contribution in [0.2, 0.25) is 5.02 Å². The van der Waals surface area contributed by atoms with Gasteiger partial charge in [-0.1, -0.05) is 17.7 Å². The Kier molecular flexibility index (Phi) is 5.66. The minimum atomic E-state index is 0.198. The van der Waals surface area contributed by atoms with Gasteiger partial charge in [0.05, 0.1) is 25.3 Å². The van der Waals surface area contributed by atoms with E-state index in [4.69, 9.17) is 33.3 Å². The first-order valence-electron chi connectivity index (χ1n) is 8.18. The van der Waals surface area contributed by atoms with Crippen molar-refractivity contribution < 1.29 is 9.47 Å². The number of ether oxygens (including phenoxy) is 2. The monoisotopic (exact) mass is 376 g/mol. The number of fused-ring (bicyclic) bond motifs is 1. The molecule has 25 heavy (non-hydrogen) atoms. The molecule has 0 saturated carbocycles. The fourth-order valence-corrected chi connectivity index (χ4v) is 3.65. The molecule has 0 fully saturated rings. The van der Waals surface area contributed by atoms with E-state index in [1.807, 2.05) is 18.2 Å². The summed E-state index contributed by atoms with van der Waals surface area (Å²) < 4.78 is 10.5. The third kappa shape index (κ3) is 4.17. The third-order valence-electron chi connectivity index (χ3n) is 4.38. The molecule has 2 aromatic carbocycles. The molecule has 4 nitrogen and oxygen atoms in total. The van der Waals surface area contributed by atoms with E-state index in [-0.39, 0.29) is 6.04 Å². The lowest BCUT2D eigenvalue weighted by molar-refractivity contribution is 0.412. The van der Waals surface area contributed by atoms with Crippen LogP contribution in [-0.2, 0) is 6.42 Å². The lowest BCUT2D eigenvalue weighted by Gasteiger charge is -2.28. The van der Waals surface area contributed by atoms with Gasteiger partial charge in [-0.25, -0.2) is 0 Å². The smallest absolute Gasteiger partial charge is 0.171 e. The molecule has 0 spiro atoms. The Morgan fingerprint density at radius 2 is 2.00 bits per heavy atom. The average molecular weight is 377 g/mol. The molecule has 0 heterocycles. The molecule has 1 aliphatic carbocycles. The summed E-state index contributed by atoms with van der Waals surface area (Å²) in [7, 11) is 3.29. The highest BCUT2D eigenvalue weighted by Gasteiger charge is 2.21. The van der Waals surface area contributed by atoms with Gasteiger partial charge in [0.2, 0.25) is 0 Å². The highest BCUT2D eigenvalue weighted by Crippen LogP contribution is 2.32. The van der Waals surface area contributed by atoms with Gasteiger partial charge >= 0.3 is 0 Å². The highest BCUT2D eigenvalue weighted by atomic mass is 35.5. The molecule has 0 saturated heterocycles. The van der Waals surface area contributed by atoms with Crippen LogP contribution in [0.3, 0.4) is 0 Å². The van der Waals surface area contributed by atoms with Crippen LogP contribution in [-0.4, -0.2) is 19.3 Å². The van der Waals surface area contributed by atoms with Gasteiger partial charge in [-0.05, 0) is 72.9 Å². The van der Waals surface area contributed by atoms with Gasteiger partial charge in [-0.3, -0.25) is 0 Å². The van der Waals surface area contributed by atoms with Gasteiger partial charge in [0.15, 0.2) is 5.11 Å². The lowest BCUT2D eigenvalue weighted by Crippen LogP contribution is -2.34. The molecule has 2 N–H and O–H groups in total. The Balaban J connectivity index is 1.69. The number of hydrogen-bond donors (Lipinski definition) is 2. The number of anilines is 1. The second-order valence-corrected chi connectivity index (χ2v) is 6.77. The number of methoxy groups -OCH3 is 2. The van der Waals surface area contributed by atoms with E-state index < -0.39 is 0 Å². The van der Waals surface area contributed by atoms with E-state index in [1.54, 1.807) is 20.3 Å². The van der Waals surface area contributed by atoms with Crippen LogP contribution in [0.5, 0.6) is 11.5 Å². The first kappa shape index (κ1) is 17.8. The SMILES string of the molecule is COc1ccc2c(c1)CCCC2NC(=S)Nc1ccc(OC)c(Cl)c1. The van der Waals surface area contributed by atoms with Gasteiger partial charge in [-0.2, -0.15) is 0 Å². The van der Waals surface area contributed by atoms with E-state index >= 15 is 0 Å². The Hall–Kier alpha value is -1.98. The summed E-state index contributed by atoms with van der Waals surface area (Å²) in [6.45, 7) is 0. The Morgan fingerprint density at radius 3 is 2.72 bits per heavy atom. The third-order valence-corrected chi connectivity index (χ3v) is 4.89. The van der Waals surface area contributed by atoms with Gasteiger partial charge in [0.25, 0.3) is 0 Å². The van der Waals surface area contributed by atoms with Crippen LogP contribution in [0.15, 0.2) is 36.4 Å². The van der Waals surface area contributed by atoms with Crippen molar-refractivity contribution in [3.05, 3.63) is 52.5 Å². The largest absolute Gasteiger partial charge is 0.497 e. The molecule has 1 unspecified atom stereocenters. The molecule has 1 atom stereocenters. The minimum absolute atomic E-state index is 0.198. The predicted octanol–water partition coefficient (Wildman–Crippen LogP) is 4.72.